The molecule has 1 aliphatic carbocycles. The Bertz CT molecular complexity index is 557. The summed E-state index contributed by atoms with van der Waals surface area (Å²) in [4.78, 5) is 14.8. The summed E-state index contributed by atoms with van der Waals surface area (Å²) in [6, 6.07) is 8.08. The number of methoxy groups -OCH3 is 1. The average Bonchev–Trinajstić information content (AvgIpc) is 2.54. The number of nitrogens with one attached hydrogen (secondary N) is 1. The van der Waals surface area contributed by atoms with Gasteiger partial charge in [0.25, 0.3) is 0 Å². The van der Waals surface area contributed by atoms with E-state index >= 15 is 0 Å². The predicted molar refractivity (Wildman–Crippen MR) is 97.0 cm³/mol. The molecule has 3 N–H and O–H groups in total. The Labute approximate surface area is 145 Å². The number of likely N-dealkylation sites (N-methyl/N-ethyl adjacent to an activating group) is 1. The first-order valence-electron chi connectivity index (χ1n) is 8.72. The monoisotopic (exact) mass is 333 g/mol. The van der Waals surface area contributed by atoms with Crippen molar-refractivity contribution in [1.29, 1.82) is 0 Å². The van der Waals surface area contributed by atoms with E-state index in [1.54, 1.807) is 7.11 Å². The van der Waals surface area contributed by atoms with Gasteiger partial charge in [0.2, 0.25) is 5.91 Å². The van der Waals surface area contributed by atoms with Crippen LogP contribution >= 0.6 is 0 Å². The van der Waals surface area contributed by atoms with Crippen LogP contribution in [-0.2, 0) is 4.79 Å². The fraction of sp³-hybridized carbons (Fsp3) is 0.632. The van der Waals surface area contributed by atoms with E-state index in [0.717, 1.165) is 37.0 Å². The van der Waals surface area contributed by atoms with Crippen LogP contribution in [0.3, 0.4) is 0 Å². The van der Waals surface area contributed by atoms with E-state index in [4.69, 9.17) is 10.5 Å². The van der Waals surface area contributed by atoms with E-state index in [1.165, 1.54) is 0 Å². The van der Waals surface area contributed by atoms with Gasteiger partial charge in [0.15, 0.2) is 0 Å². The molecule has 24 heavy (non-hydrogen) atoms. The Morgan fingerprint density at radius 1 is 1.46 bits per heavy atom. The average molecular weight is 333 g/mol. The number of nitrogens with zero attached hydrogens (tertiary/aromatic N) is 1. The van der Waals surface area contributed by atoms with Gasteiger partial charge in [0.1, 0.15) is 5.75 Å². The number of hydrogen-bond acceptors (Lipinski definition) is 4. The summed E-state index contributed by atoms with van der Waals surface area (Å²) in [5, 5.41) is 3.12. The molecule has 1 aromatic rings. The number of carbonyl (C=O) groups excluding carboxylic acids is 1. The Kier molecular flexibility index (Phi) is 6.24. The molecule has 134 valence electrons. The second-order valence-corrected chi connectivity index (χ2v) is 7.31. The highest BCUT2D eigenvalue weighted by Gasteiger charge is 2.37. The first kappa shape index (κ1) is 18.7. The van der Waals surface area contributed by atoms with Crippen molar-refractivity contribution in [2.24, 2.45) is 11.7 Å². The van der Waals surface area contributed by atoms with Crippen molar-refractivity contribution in [3.8, 4) is 5.75 Å². The highest BCUT2D eigenvalue weighted by atomic mass is 16.5. The molecule has 5 heteroatoms. The molecule has 2 rings (SSSR count). The van der Waals surface area contributed by atoms with Crippen LogP contribution in [0.5, 0.6) is 5.75 Å². The zero-order valence-corrected chi connectivity index (χ0v) is 15.3. The van der Waals surface area contributed by atoms with Crippen LogP contribution < -0.4 is 15.8 Å². The maximum atomic E-state index is 12.7. The summed E-state index contributed by atoms with van der Waals surface area (Å²) in [7, 11) is 5.70. The van der Waals surface area contributed by atoms with Gasteiger partial charge in [-0.05, 0) is 51.6 Å². The standard InChI is InChI=1S/C19H31N3O2/c1-19(20)11-6-5-10-16(19)18(23)21-13-17(22(2)3)14-8-7-9-15(12-14)24-4/h7-9,12,16-17H,5-6,10-11,13,20H2,1-4H3,(H,21,23). The summed E-state index contributed by atoms with van der Waals surface area (Å²) < 4.78 is 5.31. The summed E-state index contributed by atoms with van der Waals surface area (Å²) in [5.41, 5.74) is 7.08. The number of ether oxygens (including phenoxy) is 1. The molecule has 0 heterocycles. The fourth-order valence-corrected chi connectivity index (χ4v) is 3.56. The SMILES string of the molecule is COc1cccc(C(CNC(=O)C2CCCCC2(C)N)N(C)C)c1. The van der Waals surface area contributed by atoms with E-state index in [-0.39, 0.29) is 17.9 Å². The maximum absolute atomic E-state index is 12.7. The molecule has 1 saturated carbocycles. The quantitative estimate of drug-likeness (QED) is 0.838. The molecule has 1 amide bonds. The Morgan fingerprint density at radius 3 is 2.83 bits per heavy atom. The van der Waals surface area contributed by atoms with Gasteiger partial charge in [-0.2, -0.15) is 0 Å². The summed E-state index contributed by atoms with van der Waals surface area (Å²) >= 11 is 0. The van der Waals surface area contributed by atoms with Crippen molar-refractivity contribution in [1.82, 2.24) is 10.2 Å². The highest BCUT2D eigenvalue weighted by molar-refractivity contribution is 5.80. The number of carbonyl (C=O) groups is 1. The first-order valence-corrected chi connectivity index (χ1v) is 8.72. The zero-order valence-electron chi connectivity index (χ0n) is 15.3. The molecule has 3 atom stereocenters. The molecule has 0 bridgehead atoms. The van der Waals surface area contributed by atoms with Crippen LogP contribution in [0.25, 0.3) is 0 Å². The van der Waals surface area contributed by atoms with Crippen molar-refractivity contribution in [2.45, 2.75) is 44.2 Å². The van der Waals surface area contributed by atoms with Gasteiger partial charge in [-0.25, -0.2) is 0 Å². The van der Waals surface area contributed by atoms with Crippen LogP contribution in [0.15, 0.2) is 24.3 Å². The van der Waals surface area contributed by atoms with Crippen LogP contribution in [0.4, 0.5) is 0 Å². The van der Waals surface area contributed by atoms with Gasteiger partial charge in [-0.1, -0.05) is 25.0 Å². The predicted octanol–water partition coefficient (Wildman–Crippen LogP) is 2.32. The molecule has 1 aliphatic rings. The molecule has 0 saturated heterocycles. The van der Waals surface area contributed by atoms with Crippen LogP contribution in [-0.4, -0.2) is 44.1 Å². The van der Waals surface area contributed by atoms with Crippen molar-refractivity contribution in [3.63, 3.8) is 0 Å². The third-order valence-corrected chi connectivity index (χ3v) is 5.14. The molecular weight excluding hydrogens is 302 g/mol. The van der Waals surface area contributed by atoms with E-state index in [2.05, 4.69) is 16.3 Å². The molecule has 0 radical (unpaired) electrons. The van der Waals surface area contributed by atoms with Gasteiger partial charge in [0.05, 0.1) is 19.1 Å². The minimum Gasteiger partial charge on any atom is -0.497 e. The largest absolute Gasteiger partial charge is 0.497 e. The lowest BCUT2D eigenvalue weighted by Crippen LogP contribution is -2.53. The van der Waals surface area contributed by atoms with Crippen molar-refractivity contribution >= 4 is 5.91 Å². The summed E-state index contributed by atoms with van der Waals surface area (Å²) in [6.45, 7) is 2.56. The maximum Gasteiger partial charge on any atom is 0.225 e. The van der Waals surface area contributed by atoms with E-state index in [1.807, 2.05) is 39.2 Å². The Balaban J connectivity index is 2.04. The highest BCUT2D eigenvalue weighted by Crippen LogP contribution is 2.32. The lowest BCUT2D eigenvalue weighted by atomic mass is 9.74. The fourth-order valence-electron chi connectivity index (χ4n) is 3.56. The normalized spacial score (nSPS) is 25.3. The number of hydrogen-bond donors (Lipinski definition) is 2. The molecular formula is C19H31N3O2. The Morgan fingerprint density at radius 2 is 2.21 bits per heavy atom. The van der Waals surface area contributed by atoms with Crippen molar-refractivity contribution in [2.75, 3.05) is 27.7 Å². The van der Waals surface area contributed by atoms with Crippen molar-refractivity contribution < 1.29 is 9.53 Å². The van der Waals surface area contributed by atoms with Gasteiger partial charge < -0.3 is 20.7 Å². The van der Waals surface area contributed by atoms with Gasteiger partial charge in [0, 0.05) is 12.1 Å². The zero-order chi connectivity index (χ0) is 17.7. The van der Waals surface area contributed by atoms with E-state index in [0.29, 0.717) is 6.54 Å². The van der Waals surface area contributed by atoms with Gasteiger partial charge >= 0.3 is 0 Å². The lowest BCUT2D eigenvalue weighted by molar-refractivity contribution is -0.128. The number of rotatable bonds is 6. The summed E-state index contributed by atoms with van der Waals surface area (Å²) in [6.07, 6.45) is 3.99. The van der Waals surface area contributed by atoms with E-state index in [9.17, 15) is 4.79 Å². The smallest absolute Gasteiger partial charge is 0.225 e. The number of amides is 1. The van der Waals surface area contributed by atoms with E-state index < -0.39 is 5.54 Å². The molecule has 3 unspecified atom stereocenters. The molecule has 0 spiro atoms. The van der Waals surface area contributed by atoms with Crippen LogP contribution in [0.2, 0.25) is 0 Å². The molecule has 0 aliphatic heterocycles. The molecule has 5 nitrogen and oxygen atoms in total. The van der Waals surface area contributed by atoms with Crippen LogP contribution in [0.1, 0.15) is 44.2 Å². The van der Waals surface area contributed by atoms with Crippen molar-refractivity contribution in [3.05, 3.63) is 29.8 Å². The number of nitrogens with two attached hydrogens (primary N) is 1. The minimum atomic E-state index is -0.397. The lowest BCUT2D eigenvalue weighted by Gasteiger charge is -2.37. The molecule has 0 aromatic heterocycles. The topological polar surface area (TPSA) is 67.6 Å². The first-order chi connectivity index (χ1) is 11.3. The number of benzene rings is 1. The third-order valence-electron chi connectivity index (χ3n) is 5.14. The van der Waals surface area contributed by atoms with Gasteiger partial charge in [-0.15, -0.1) is 0 Å². The summed E-state index contributed by atoms with van der Waals surface area (Å²) in [5.74, 6) is 0.807. The molecule has 1 aromatic carbocycles. The molecule has 1 fully saturated rings. The second-order valence-electron chi connectivity index (χ2n) is 7.31. The minimum absolute atomic E-state index is 0.0782. The van der Waals surface area contributed by atoms with Crippen LogP contribution in [0, 0.1) is 5.92 Å². The van der Waals surface area contributed by atoms with Gasteiger partial charge in [-0.3, -0.25) is 4.79 Å². The third kappa shape index (κ3) is 4.48. The Hall–Kier alpha value is -1.59. The second kappa shape index (κ2) is 7.99.